The number of hydrogen-bond acceptors (Lipinski definition) is 2. The van der Waals surface area contributed by atoms with Crippen molar-refractivity contribution in [1.29, 1.82) is 0 Å². The Bertz CT molecular complexity index is 1130. The summed E-state index contributed by atoms with van der Waals surface area (Å²) in [6.07, 6.45) is -1.42. The highest BCUT2D eigenvalue weighted by Crippen LogP contribution is 2.41. The SMILES string of the molecule is COc1ccc(C(CC(c2ccccc2)c2csc3ccccc23)=C(F)F)cc1. The van der Waals surface area contributed by atoms with Crippen molar-refractivity contribution in [3.8, 4) is 5.75 Å². The zero-order valence-corrected chi connectivity index (χ0v) is 16.8. The fraction of sp³-hybridized carbons (Fsp3) is 0.120. The van der Waals surface area contributed by atoms with Gasteiger partial charge < -0.3 is 4.74 Å². The molecular formula is C25H20F2OS. The molecule has 4 rings (SSSR count). The average Bonchev–Trinajstić information content (AvgIpc) is 3.19. The van der Waals surface area contributed by atoms with E-state index in [9.17, 15) is 8.78 Å². The van der Waals surface area contributed by atoms with Gasteiger partial charge in [0.1, 0.15) is 5.75 Å². The van der Waals surface area contributed by atoms with Crippen LogP contribution in [0.1, 0.15) is 29.0 Å². The lowest BCUT2D eigenvalue weighted by atomic mass is 9.84. The van der Waals surface area contributed by atoms with Gasteiger partial charge in [-0.2, -0.15) is 8.78 Å². The number of fused-ring (bicyclic) bond motifs is 1. The highest BCUT2D eigenvalue weighted by atomic mass is 32.1. The fourth-order valence-corrected chi connectivity index (χ4v) is 4.68. The molecule has 4 heteroatoms. The maximum Gasteiger partial charge on any atom is 0.274 e. The first-order valence-electron chi connectivity index (χ1n) is 9.37. The Morgan fingerprint density at radius 2 is 1.59 bits per heavy atom. The van der Waals surface area contributed by atoms with Gasteiger partial charge in [-0.1, -0.05) is 60.7 Å². The van der Waals surface area contributed by atoms with Crippen LogP contribution in [0, 0.1) is 0 Å². The van der Waals surface area contributed by atoms with E-state index >= 15 is 0 Å². The molecule has 0 radical (unpaired) electrons. The van der Waals surface area contributed by atoms with E-state index in [1.54, 1.807) is 42.7 Å². The Morgan fingerprint density at radius 1 is 0.897 bits per heavy atom. The molecule has 0 aliphatic carbocycles. The summed E-state index contributed by atoms with van der Waals surface area (Å²) in [4.78, 5) is 0. The van der Waals surface area contributed by atoms with Crippen LogP contribution < -0.4 is 4.74 Å². The van der Waals surface area contributed by atoms with Crippen LogP contribution in [0.4, 0.5) is 8.78 Å². The van der Waals surface area contributed by atoms with Crippen LogP contribution in [-0.2, 0) is 0 Å². The van der Waals surface area contributed by atoms with Crippen molar-refractivity contribution >= 4 is 27.0 Å². The Labute approximate surface area is 172 Å². The van der Waals surface area contributed by atoms with Crippen LogP contribution in [0.2, 0.25) is 0 Å². The Hall–Kier alpha value is -2.98. The van der Waals surface area contributed by atoms with Crippen LogP contribution in [0.3, 0.4) is 0 Å². The molecule has 0 spiro atoms. The molecule has 4 aromatic rings. The summed E-state index contributed by atoms with van der Waals surface area (Å²) < 4.78 is 34.4. The highest BCUT2D eigenvalue weighted by molar-refractivity contribution is 7.17. The maximum atomic E-state index is 14.0. The first-order valence-corrected chi connectivity index (χ1v) is 10.2. The lowest BCUT2D eigenvalue weighted by Crippen LogP contribution is -2.03. The highest BCUT2D eigenvalue weighted by Gasteiger charge is 2.22. The molecule has 1 heterocycles. The summed E-state index contributed by atoms with van der Waals surface area (Å²) >= 11 is 1.65. The summed E-state index contributed by atoms with van der Waals surface area (Å²) in [7, 11) is 1.56. The number of halogens is 2. The third-order valence-electron chi connectivity index (χ3n) is 5.16. The van der Waals surface area contributed by atoms with E-state index in [1.165, 1.54) is 4.70 Å². The van der Waals surface area contributed by atoms with Crippen LogP contribution >= 0.6 is 11.3 Å². The predicted octanol–water partition coefficient (Wildman–Crippen LogP) is 7.74. The van der Waals surface area contributed by atoms with Crippen LogP contribution in [0.25, 0.3) is 15.7 Å². The molecule has 1 aromatic heterocycles. The monoisotopic (exact) mass is 406 g/mol. The largest absolute Gasteiger partial charge is 0.497 e. The standard InChI is InChI=1S/C25H20F2OS/c1-28-19-13-11-18(12-14-19)22(25(26)27)15-21(17-7-3-2-4-8-17)23-16-29-24-10-6-5-9-20(23)24/h2-14,16,21H,15H2,1H3. The van der Waals surface area contributed by atoms with Crippen molar-refractivity contribution in [2.75, 3.05) is 7.11 Å². The van der Waals surface area contributed by atoms with Gasteiger partial charge in [0.2, 0.25) is 0 Å². The normalized spacial score (nSPS) is 12.0. The fourth-order valence-electron chi connectivity index (χ4n) is 3.66. The van der Waals surface area contributed by atoms with Gasteiger partial charge in [-0.25, -0.2) is 0 Å². The Kier molecular flexibility index (Phi) is 5.72. The molecule has 0 amide bonds. The first-order chi connectivity index (χ1) is 14.2. The lowest BCUT2D eigenvalue weighted by molar-refractivity contribution is 0.414. The van der Waals surface area contributed by atoms with Gasteiger partial charge in [0.15, 0.2) is 0 Å². The predicted molar refractivity (Wildman–Crippen MR) is 117 cm³/mol. The third kappa shape index (κ3) is 4.08. The topological polar surface area (TPSA) is 9.23 Å². The van der Waals surface area contributed by atoms with Crippen LogP contribution in [-0.4, -0.2) is 7.11 Å². The Balaban J connectivity index is 1.79. The number of ether oxygens (including phenoxy) is 1. The molecule has 0 bridgehead atoms. The minimum Gasteiger partial charge on any atom is -0.497 e. The molecule has 0 saturated heterocycles. The second-order valence-electron chi connectivity index (χ2n) is 6.82. The minimum absolute atomic E-state index is 0.0665. The summed E-state index contributed by atoms with van der Waals surface area (Å²) in [5.41, 5.74) is 2.70. The van der Waals surface area contributed by atoms with Crippen molar-refractivity contribution in [2.45, 2.75) is 12.3 Å². The van der Waals surface area contributed by atoms with E-state index in [0.717, 1.165) is 16.5 Å². The summed E-state index contributed by atoms with van der Waals surface area (Å²) in [6.45, 7) is 0. The molecular weight excluding hydrogens is 386 g/mol. The van der Waals surface area contributed by atoms with Crippen LogP contribution in [0.15, 0.2) is 90.3 Å². The number of allylic oxidation sites excluding steroid dienone is 1. The van der Waals surface area contributed by atoms with Crippen molar-refractivity contribution in [3.63, 3.8) is 0 Å². The number of methoxy groups -OCH3 is 1. The van der Waals surface area contributed by atoms with E-state index in [0.29, 0.717) is 11.3 Å². The van der Waals surface area contributed by atoms with Crippen molar-refractivity contribution in [1.82, 2.24) is 0 Å². The smallest absolute Gasteiger partial charge is 0.274 e. The average molecular weight is 406 g/mol. The van der Waals surface area contributed by atoms with Gasteiger partial charge >= 0.3 is 0 Å². The van der Waals surface area contributed by atoms with Crippen molar-refractivity contribution < 1.29 is 13.5 Å². The van der Waals surface area contributed by atoms with Crippen LogP contribution in [0.5, 0.6) is 5.75 Å². The molecule has 0 aliphatic rings. The van der Waals surface area contributed by atoms with Gasteiger partial charge in [-0.15, -0.1) is 11.3 Å². The number of thiophene rings is 1. The van der Waals surface area contributed by atoms with E-state index in [1.807, 2.05) is 42.5 Å². The van der Waals surface area contributed by atoms with Crippen molar-refractivity contribution in [3.05, 3.63) is 107 Å². The van der Waals surface area contributed by atoms with Gasteiger partial charge in [0.05, 0.1) is 7.11 Å². The maximum absolute atomic E-state index is 14.0. The molecule has 1 atom stereocenters. The quantitative estimate of drug-likeness (QED) is 0.318. The van der Waals surface area contributed by atoms with E-state index < -0.39 is 6.08 Å². The molecule has 3 aromatic carbocycles. The number of benzene rings is 3. The molecule has 0 saturated carbocycles. The molecule has 29 heavy (non-hydrogen) atoms. The van der Waals surface area contributed by atoms with Gasteiger partial charge in [-0.3, -0.25) is 0 Å². The first kappa shape index (κ1) is 19.3. The molecule has 0 fully saturated rings. The van der Waals surface area contributed by atoms with E-state index in [4.69, 9.17) is 4.74 Å². The summed E-state index contributed by atoms with van der Waals surface area (Å²) in [6, 6.07) is 24.9. The second-order valence-corrected chi connectivity index (χ2v) is 7.73. The van der Waals surface area contributed by atoms with Gasteiger partial charge in [0.25, 0.3) is 6.08 Å². The van der Waals surface area contributed by atoms with Gasteiger partial charge in [0, 0.05) is 16.2 Å². The third-order valence-corrected chi connectivity index (χ3v) is 6.14. The second kappa shape index (κ2) is 8.58. The zero-order valence-electron chi connectivity index (χ0n) is 15.9. The molecule has 0 aliphatic heterocycles. The van der Waals surface area contributed by atoms with Crippen molar-refractivity contribution in [2.24, 2.45) is 0 Å². The Morgan fingerprint density at radius 3 is 2.28 bits per heavy atom. The number of hydrogen-bond donors (Lipinski definition) is 0. The number of rotatable bonds is 6. The summed E-state index contributed by atoms with van der Waals surface area (Å²) in [5, 5.41) is 3.23. The molecule has 1 unspecified atom stereocenters. The lowest BCUT2D eigenvalue weighted by Gasteiger charge is -2.19. The summed E-state index contributed by atoms with van der Waals surface area (Å²) in [5.74, 6) is 0.488. The molecule has 1 nitrogen and oxygen atoms in total. The molecule has 146 valence electrons. The van der Waals surface area contributed by atoms with Gasteiger partial charge in [-0.05, 0) is 52.1 Å². The van der Waals surface area contributed by atoms with E-state index in [-0.39, 0.29) is 17.9 Å². The minimum atomic E-state index is -1.64. The molecule has 0 N–H and O–H groups in total. The zero-order chi connectivity index (χ0) is 20.2. The van der Waals surface area contributed by atoms with E-state index in [2.05, 4.69) is 17.5 Å².